The number of rotatable bonds is 5. The lowest BCUT2D eigenvalue weighted by Crippen LogP contribution is -1.99. The molecule has 0 aliphatic carbocycles. The zero-order valence-electron chi connectivity index (χ0n) is 10.7. The first-order valence-electron chi connectivity index (χ1n) is 5.74. The topological polar surface area (TPSA) is 89.7 Å². The molecule has 0 aliphatic heterocycles. The Morgan fingerprint density at radius 1 is 1.35 bits per heavy atom. The molecule has 7 nitrogen and oxygen atoms in total. The minimum atomic E-state index is -0.520. The summed E-state index contributed by atoms with van der Waals surface area (Å²) in [6.07, 6.45) is 2.96. The van der Waals surface area contributed by atoms with E-state index in [-0.39, 0.29) is 11.5 Å². The third-order valence-electron chi connectivity index (χ3n) is 2.50. The van der Waals surface area contributed by atoms with Gasteiger partial charge < -0.3 is 4.74 Å². The van der Waals surface area contributed by atoms with Crippen molar-refractivity contribution in [3.05, 3.63) is 58.3 Å². The van der Waals surface area contributed by atoms with E-state index < -0.39 is 4.92 Å². The van der Waals surface area contributed by atoms with Crippen LogP contribution >= 0.6 is 0 Å². The van der Waals surface area contributed by atoms with Crippen molar-refractivity contribution < 1.29 is 9.66 Å². The first-order valence-corrected chi connectivity index (χ1v) is 5.74. The number of benzene rings is 1. The molecule has 0 saturated carbocycles. The van der Waals surface area contributed by atoms with Gasteiger partial charge in [-0.15, -0.1) is 0 Å². The Balaban J connectivity index is 2.16. The number of anilines is 1. The summed E-state index contributed by atoms with van der Waals surface area (Å²) in [5, 5.41) is 14.8. The maximum absolute atomic E-state index is 10.8. The van der Waals surface area contributed by atoms with Gasteiger partial charge in [0.15, 0.2) is 0 Å². The number of nitrogens with one attached hydrogen (secondary N) is 1. The highest BCUT2D eigenvalue weighted by Gasteiger charge is 2.12. The van der Waals surface area contributed by atoms with Gasteiger partial charge >= 0.3 is 5.69 Å². The van der Waals surface area contributed by atoms with E-state index in [1.54, 1.807) is 13.2 Å². The Kier molecular flexibility index (Phi) is 4.23. The lowest BCUT2D eigenvalue weighted by atomic mass is 10.2. The molecule has 1 N–H and O–H groups in total. The standard InChI is InChI=1S/C13H12N4O3/c1-20-12-7-3-2-5-10(12)9-15-16-13-11(17(18)19)6-4-8-14-13/h2-9H,1H3,(H,14,16)/b15-9-. The molecule has 0 spiro atoms. The lowest BCUT2D eigenvalue weighted by molar-refractivity contribution is -0.384. The number of nitro groups is 1. The van der Waals surface area contributed by atoms with Crippen LogP contribution in [0.1, 0.15) is 5.56 Å². The van der Waals surface area contributed by atoms with Crippen molar-refractivity contribution in [3.63, 3.8) is 0 Å². The molecule has 0 fully saturated rings. The number of ether oxygens (including phenoxy) is 1. The van der Waals surface area contributed by atoms with Crippen LogP contribution in [0, 0.1) is 10.1 Å². The number of pyridine rings is 1. The number of para-hydroxylation sites is 1. The second-order valence-corrected chi connectivity index (χ2v) is 3.74. The Labute approximate surface area is 115 Å². The highest BCUT2D eigenvalue weighted by atomic mass is 16.6. The molecule has 2 rings (SSSR count). The highest BCUT2D eigenvalue weighted by molar-refractivity contribution is 5.84. The molecule has 7 heteroatoms. The molecule has 1 heterocycles. The third kappa shape index (κ3) is 3.08. The van der Waals surface area contributed by atoms with Crippen molar-refractivity contribution in [1.29, 1.82) is 0 Å². The molecule has 0 aliphatic rings. The van der Waals surface area contributed by atoms with Crippen molar-refractivity contribution in [3.8, 4) is 5.75 Å². The van der Waals surface area contributed by atoms with Crippen molar-refractivity contribution in [2.75, 3.05) is 12.5 Å². The summed E-state index contributed by atoms with van der Waals surface area (Å²) in [7, 11) is 1.56. The van der Waals surface area contributed by atoms with Gasteiger partial charge in [-0.05, 0) is 18.2 Å². The fourth-order valence-electron chi connectivity index (χ4n) is 1.57. The summed E-state index contributed by atoms with van der Waals surface area (Å²) < 4.78 is 5.17. The van der Waals surface area contributed by atoms with Gasteiger partial charge in [0.1, 0.15) is 5.75 Å². The quantitative estimate of drug-likeness (QED) is 0.513. The first-order chi connectivity index (χ1) is 9.72. The largest absolute Gasteiger partial charge is 0.496 e. The van der Waals surface area contributed by atoms with Gasteiger partial charge in [-0.3, -0.25) is 15.5 Å². The maximum Gasteiger partial charge on any atom is 0.313 e. The minimum absolute atomic E-state index is 0.0867. The summed E-state index contributed by atoms with van der Waals surface area (Å²) in [4.78, 5) is 14.2. The molecule has 2 aromatic rings. The summed E-state index contributed by atoms with van der Waals surface area (Å²) in [5.41, 5.74) is 3.17. The minimum Gasteiger partial charge on any atom is -0.496 e. The van der Waals surface area contributed by atoms with Gasteiger partial charge in [-0.2, -0.15) is 5.10 Å². The summed E-state index contributed by atoms with van der Waals surface area (Å²) in [5.74, 6) is 0.747. The second-order valence-electron chi connectivity index (χ2n) is 3.74. The Morgan fingerprint density at radius 2 is 2.15 bits per heavy atom. The summed E-state index contributed by atoms with van der Waals surface area (Å²) in [6.45, 7) is 0. The van der Waals surface area contributed by atoms with E-state index in [4.69, 9.17) is 4.74 Å². The molecule has 20 heavy (non-hydrogen) atoms. The van der Waals surface area contributed by atoms with Crippen LogP contribution in [0.4, 0.5) is 11.5 Å². The normalized spacial score (nSPS) is 10.4. The summed E-state index contributed by atoms with van der Waals surface area (Å²) >= 11 is 0. The molecule has 1 aromatic heterocycles. The van der Waals surface area contributed by atoms with Crippen molar-refractivity contribution >= 4 is 17.7 Å². The van der Waals surface area contributed by atoms with Crippen LogP contribution < -0.4 is 10.2 Å². The molecule has 0 saturated heterocycles. The number of methoxy groups -OCH3 is 1. The van der Waals surface area contributed by atoms with Crippen molar-refractivity contribution in [1.82, 2.24) is 4.98 Å². The Bertz CT molecular complexity index is 643. The molecule has 0 bridgehead atoms. The van der Waals surface area contributed by atoms with E-state index in [0.29, 0.717) is 5.75 Å². The van der Waals surface area contributed by atoms with Crippen LogP contribution in [0.2, 0.25) is 0 Å². The summed E-state index contributed by atoms with van der Waals surface area (Å²) in [6, 6.07) is 10.1. The van der Waals surface area contributed by atoms with E-state index >= 15 is 0 Å². The van der Waals surface area contributed by atoms with E-state index in [0.717, 1.165) is 5.56 Å². The molecule has 0 radical (unpaired) electrons. The van der Waals surface area contributed by atoms with Gasteiger partial charge in [-0.25, -0.2) is 4.98 Å². The van der Waals surface area contributed by atoms with Gasteiger partial charge in [0.05, 0.1) is 18.2 Å². The SMILES string of the molecule is COc1ccccc1/C=N\Nc1ncccc1[N+](=O)[O-]. The number of hydrogen-bond donors (Lipinski definition) is 1. The monoisotopic (exact) mass is 272 g/mol. The van der Waals surface area contributed by atoms with E-state index in [1.165, 1.54) is 24.5 Å². The van der Waals surface area contributed by atoms with Gasteiger partial charge in [0.2, 0.25) is 5.82 Å². The number of nitrogens with zero attached hydrogens (tertiary/aromatic N) is 3. The van der Waals surface area contributed by atoms with Crippen LogP contribution in [-0.4, -0.2) is 23.2 Å². The highest BCUT2D eigenvalue weighted by Crippen LogP contribution is 2.20. The first kappa shape index (κ1) is 13.5. The molecule has 0 amide bonds. The van der Waals surface area contributed by atoms with Gasteiger partial charge in [0, 0.05) is 17.8 Å². The van der Waals surface area contributed by atoms with Crippen LogP contribution in [0.15, 0.2) is 47.7 Å². The molecular formula is C13H12N4O3. The fraction of sp³-hybridized carbons (Fsp3) is 0.0769. The van der Waals surface area contributed by atoms with Crippen LogP contribution in [0.3, 0.4) is 0 Å². The van der Waals surface area contributed by atoms with Crippen LogP contribution in [-0.2, 0) is 0 Å². The molecule has 102 valence electrons. The number of aromatic nitrogens is 1. The second kappa shape index (κ2) is 6.28. The van der Waals surface area contributed by atoms with Gasteiger partial charge in [-0.1, -0.05) is 12.1 Å². The maximum atomic E-state index is 10.8. The smallest absolute Gasteiger partial charge is 0.313 e. The Morgan fingerprint density at radius 3 is 2.90 bits per heavy atom. The lowest BCUT2D eigenvalue weighted by Gasteiger charge is -2.03. The number of hydrazone groups is 1. The Hall–Kier alpha value is -2.96. The van der Waals surface area contributed by atoms with Gasteiger partial charge in [0.25, 0.3) is 0 Å². The van der Waals surface area contributed by atoms with Crippen LogP contribution in [0.25, 0.3) is 0 Å². The zero-order valence-corrected chi connectivity index (χ0v) is 10.7. The predicted molar refractivity (Wildman–Crippen MR) is 75.1 cm³/mol. The third-order valence-corrected chi connectivity index (χ3v) is 2.50. The van der Waals surface area contributed by atoms with E-state index in [2.05, 4.69) is 15.5 Å². The average molecular weight is 272 g/mol. The molecule has 1 aromatic carbocycles. The van der Waals surface area contributed by atoms with Crippen molar-refractivity contribution in [2.45, 2.75) is 0 Å². The fourth-order valence-corrected chi connectivity index (χ4v) is 1.57. The molecular weight excluding hydrogens is 260 g/mol. The zero-order chi connectivity index (χ0) is 14.4. The average Bonchev–Trinajstić information content (AvgIpc) is 2.48. The predicted octanol–water partition coefficient (Wildman–Crippen LogP) is 2.44. The molecule has 0 atom stereocenters. The number of hydrogen-bond acceptors (Lipinski definition) is 6. The van der Waals surface area contributed by atoms with Crippen molar-refractivity contribution in [2.24, 2.45) is 5.10 Å². The van der Waals surface area contributed by atoms with E-state index in [9.17, 15) is 10.1 Å². The van der Waals surface area contributed by atoms with Crippen LogP contribution in [0.5, 0.6) is 5.75 Å². The molecule has 0 unspecified atom stereocenters. The van der Waals surface area contributed by atoms with E-state index in [1.807, 2.05) is 18.2 Å².